The molecular formula is C19H21N7O2. The van der Waals surface area contributed by atoms with Crippen molar-refractivity contribution in [2.75, 3.05) is 7.11 Å². The second kappa shape index (κ2) is 7.52. The van der Waals surface area contributed by atoms with Crippen molar-refractivity contribution in [2.24, 2.45) is 10.2 Å². The third-order valence-electron chi connectivity index (χ3n) is 4.63. The number of hydrogen-bond acceptors (Lipinski definition) is 7. The molecule has 0 fully saturated rings. The van der Waals surface area contributed by atoms with Crippen LogP contribution in [-0.4, -0.2) is 32.2 Å². The molecule has 0 bridgehead atoms. The molecule has 3 rings (SSSR count). The van der Waals surface area contributed by atoms with Gasteiger partial charge in [-0.25, -0.2) is 0 Å². The van der Waals surface area contributed by atoms with Crippen LogP contribution in [0.4, 0.5) is 11.5 Å². The maximum atomic E-state index is 10.5. The number of H-pyrrole nitrogens is 1. The fourth-order valence-corrected chi connectivity index (χ4v) is 2.62. The molecule has 0 amide bonds. The number of methoxy groups -OCH3 is 1. The number of aromatic hydroxyl groups is 1. The zero-order valence-electron chi connectivity index (χ0n) is 16.1. The van der Waals surface area contributed by atoms with E-state index in [2.05, 4.69) is 31.6 Å². The van der Waals surface area contributed by atoms with E-state index in [9.17, 15) is 10.4 Å². The number of benzene rings is 1. The predicted octanol–water partition coefficient (Wildman–Crippen LogP) is 4.28. The summed E-state index contributed by atoms with van der Waals surface area (Å²) < 4.78 is 6.52. The third kappa shape index (κ3) is 3.32. The van der Waals surface area contributed by atoms with Gasteiger partial charge >= 0.3 is 0 Å². The maximum Gasteiger partial charge on any atom is 0.265 e. The highest BCUT2D eigenvalue weighted by Crippen LogP contribution is 2.39. The smallest absolute Gasteiger partial charge is 0.265 e. The van der Waals surface area contributed by atoms with E-state index in [4.69, 9.17) is 4.74 Å². The molecule has 28 heavy (non-hydrogen) atoms. The third-order valence-corrected chi connectivity index (χ3v) is 4.63. The van der Waals surface area contributed by atoms with Crippen LogP contribution in [0.25, 0.3) is 5.69 Å². The van der Waals surface area contributed by atoms with Crippen LogP contribution >= 0.6 is 0 Å². The van der Waals surface area contributed by atoms with Gasteiger partial charge in [-0.2, -0.15) is 15.0 Å². The van der Waals surface area contributed by atoms with Crippen molar-refractivity contribution in [1.82, 2.24) is 20.0 Å². The summed E-state index contributed by atoms with van der Waals surface area (Å²) >= 11 is 0. The number of aromatic amines is 1. The molecule has 9 nitrogen and oxygen atoms in total. The predicted molar refractivity (Wildman–Crippen MR) is 103 cm³/mol. The number of nitrogens with zero attached hydrogens (tertiary/aromatic N) is 6. The van der Waals surface area contributed by atoms with Gasteiger partial charge in [0.15, 0.2) is 5.82 Å². The Morgan fingerprint density at radius 2 is 2.00 bits per heavy atom. The van der Waals surface area contributed by atoms with Crippen molar-refractivity contribution in [3.63, 3.8) is 0 Å². The maximum absolute atomic E-state index is 10.5. The van der Waals surface area contributed by atoms with Crippen LogP contribution in [0, 0.1) is 11.3 Å². The molecule has 0 aliphatic heterocycles. The highest BCUT2D eigenvalue weighted by Gasteiger charge is 2.27. The average molecular weight is 379 g/mol. The van der Waals surface area contributed by atoms with E-state index in [1.54, 1.807) is 12.1 Å². The molecule has 144 valence electrons. The summed E-state index contributed by atoms with van der Waals surface area (Å²) in [5.74, 6) is 0.101. The second-order valence-electron chi connectivity index (χ2n) is 6.77. The van der Waals surface area contributed by atoms with Crippen LogP contribution in [-0.2, 0) is 5.41 Å². The fraction of sp³-hybridized carbons (Fsp3) is 0.316. The van der Waals surface area contributed by atoms with Gasteiger partial charge in [0.1, 0.15) is 11.6 Å². The van der Waals surface area contributed by atoms with Crippen molar-refractivity contribution < 1.29 is 9.84 Å². The SMILES string of the molecule is CCC(C)(C)c1n[nH]c(/N=N/c2c(OC)nn(-c3ccccc3)c2O)c1C#N. The first-order valence-corrected chi connectivity index (χ1v) is 8.75. The van der Waals surface area contributed by atoms with Gasteiger partial charge in [0.05, 0.1) is 18.5 Å². The van der Waals surface area contributed by atoms with E-state index in [0.717, 1.165) is 6.42 Å². The molecule has 0 aliphatic carbocycles. The fourth-order valence-electron chi connectivity index (χ4n) is 2.62. The van der Waals surface area contributed by atoms with Crippen molar-refractivity contribution in [1.29, 1.82) is 5.26 Å². The quantitative estimate of drug-likeness (QED) is 0.618. The van der Waals surface area contributed by atoms with Crippen LogP contribution < -0.4 is 4.74 Å². The lowest BCUT2D eigenvalue weighted by Gasteiger charge is -2.19. The molecule has 9 heteroatoms. The number of nitrogens with one attached hydrogen (secondary N) is 1. The number of hydrogen-bond donors (Lipinski definition) is 2. The normalized spacial score (nSPS) is 11.7. The summed E-state index contributed by atoms with van der Waals surface area (Å²) in [4.78, 5) is 0. The summed E-state index contributed by atoms with van der Waals surface area (Å²) in [6.07, 6.45) is 0.807. The Labute approximate surface area is 162 Å². The molecule has 0 saturated carbocycles. The highest BCUT2D eigenvalue weighted by molar-refractivity contribution is 5.59. The summed E-state index contributed by atoms with van der Waals surface area (Å²) in [6.45, 7) is 6.03. The van der Waals surface area contributed by atoms with Crippen LogP contribution in [0.3, 0.4) is 0 Å². The van der Waals surface area contributed by atoms with Gasteiger partial charge < -0.3 is 9.84 Å². The summed E-state index contributed by atoms with van der Waals surface area (Å²) in [5.41, 5.74) is 1.37. The van der Waals surface area contributed by atoms with Gasteiger partial charge in [-0.15, -0.1) is 15.3 Å². The lowest BCUT2D eigenvalue weighted by molar-refractivity contribution is 0.394. The average Bonchev–Trinajstić information content (AvgIpc) is 3.27. The van der Waals surface area contributed by atoms with Gasteiger partial charge in [0.2, 0.25) is 11.6 Å². The van der Waals surface area contributed by atoms with E-state index in [1.807, 2.05) is 39.0 Å². The molecule has 0 saturated heterocycles. The summed E-state index contributed by atoms with van der Waals surface area (Å²) in [6, 6.07) is 11.2. The Bertz CT molecular complexity index is 1040. The number of rotatable bonds is 6. The zero-order valence-corrected chi connectivity index (χ0v) is 16.1. The first-order chi connectivity index (χ1) is 13.4. The Morgan fingerprint density at radius 1 is 1.29 bits per heavy atom. The topological polar surface area (TPSA) is 124 Å². The number of azo groups is 1. The Kier molecular flexibility index (Phi) is 5.13. The molecule has 2 N–H and O–H groups in total. The van der Waals surface area contributed by atoms with Crippen LogP contribution in [0.1, 0.15) is 38.4 Å². The van der Waals surface area contributed by atoms with Crippen LogP contribution in [0.5, 0.6) is 11.8 Å². The number of aromatic nitrogens is 4. The molecular weight excluding hydrogens is 358 g/mol. The van der Waals surface area contributed by atoms with Crippen LogP contribution in [0.15, 0.2) is 40.6 Å². The van der Waals surface area contributed by atoms with Gasteiger partial charge in [-0.05, 0) is 18.6 Å². The van der Waals surface area contributed by atoms with E-state index in [0.29, 0.717) is 16.9 Å². The van der Waals surface area contributed by atoms with Gasteiger partial charge in [-0.1, -0.05) is 39.0 Å². The van der Waals surface area contributed by atoms with Gasteiger partial charge in [0, 0.05) is 5.41 Å². The zero-order chi connectivity index (χ0) is 20.3. The molecule has 0 atom stereocenters. The second-order valence-corrected chi connectivity index (χ2v) is 6.77. The minimum Gasteiger partial charge on any atom is -0.492 e. The van der Waals surface area contributed by atoms with E-state index in [-0.39, 0.29) is 28.7 Å². The van der Waals surface area contributed by atoms with Crippen molar-refractivity contribution in [2.45, 2.75) is 32.6 Å². The molecule has 3 aromatic rings. The Hall–Kier alpha value is -3.67. The first-order valence-electron chi connectivity index (χ1n) is 8.75. The summed E-state index contributed by atoms with van der Waals surface area (Å²) in [7, 11) is 1.43. The lowest BCUT2D eigenvalue weighted by Crippen LogP contribution is -2.17. The molecule has 1 aromatic carbocycles. The minimum atomic E-state index is -0.284. The first kappa shape index (κ1) is 19.1. The minimum absolute atomic E-state index is 0.0566. The molecule has 2 aromatic heterocycles. The lowest BCUT2D eigenvalue weighted by atomic mass is 9.84. The van der Waals surface area contributed by atoms with Crippen LogP contribution in [0.2, 0.25) is 0 Å². The van der Waals surface area contributed by atoms with E-state index in [1.165, 1.54) is 11.8 Å². The molecule has 0 aliphatic rings. The van der Waals surface area contributed by atoms with Crippen molar-refractivity contribution >= 4 is 11.5 Å². The van der Waals surface area contributed by atoms with E-state index >= 15 is 0 Å². The highest BCUT2D eigenvalue weighted by atomic mass is 16.5. The monoisotopic (exact) mass is 379 g/mol. The van der Waals surface area contributed by atoms with Crippen molar-refractivity contribution in [3.8, 4) is 23.5 Å². The molecule has 2 heterocycles. The Balaban J connectivity index is 2.02. The number of para-hydroxylation sites is 1. The standard InChI is InChI=1S/C19H21N7O2/c1-5-19(2,3)15-13(11-20)16(24-22-15)23-21-14-17(28-4)25-26(18(14)27)12-9-7-6-8-10-12/h6-10,27H,5H2,1-4H3,(H,22,24)/b23-21+. The van der Waals surface area contributed by atoms with E-state index < -0.39 is 0 Å². The number of nitriles is 1. The van der Waals surface area contributed by atoms with Gasteiger partial charge in [-0.3, -0.25) is 5.10 Å². The molecule has 0 radical (unpaired) electrons. The Morgan fingerprint density at radius 3 is 2.61 bits per heavy atom. The van der Waals surface area contributed by atoms with Gasteiger partial charge in [0.25, 0.3) is 5.88 Å². The molecule has 0 spiro atoms. The largest absolute Gasteiger partial charge is 0.492 e. The summed E-state index contributed by atoms with van der Waals surface area (Å²) in [5, 5.41) is 39.5. The van der Waals surface area contributed by atoms with Crippen molar-refractivity contribution in [3.05, 3.63) is 41.6 Å². The molecule has 0 unspecified atom stereocenters. The number of ether oxygens (including phenoxy) is 1.